The van der Waals surface area contributed by atoms with Gasteiger partial charge in [0.15, 0.2) is 0 Å². The molecule has 0 spiro atoms. The minimum absolute atomic E-state index is 0.175. The number of hydrogen-bond acceptors (Lipinski definition) is 3. The maximum atomic E-state index is 11.7. The molecule has 2 rings (SSSR count). The molecule has 1 amide bonds. The van der Waals surface area contributed by atoms with Crippen LogP contribution in [0.4, 0.5) is 0 Å². The lowest BCUT2D eigenvalue weighted by Gasteiger charge is -2.23. The van der Waals surface area contributed by atoms with Crippen LogP contribution in [0, 0.1) is 5.92 Å². The van der Waals surface area contributed by atoms with E-state index in [0.717, 1.165) is 39.0 Å². The third kappa shape index (κ3) is 3.18. The first-order chi connectivity index (χ1) is 7.36. The molecule has 0 saturated carbocycles. The summed E-state index contributed by atoms with van der Waals surface area (Å²) in [7, 11) is 0. The minimum Gasteiger partial charge on any atom is -0.376 e. The molecule has 2 heterocycles. The van der Waals surface area contributed by atoms with Crippen LogP contribution in [0.15, 0.2) is 0 Å². The van der Waals surface area contributed by atoms with Crippen LogP contribution in [-0.4, -0.2) is 38.3 Å². The largest absolute Gasteiger partial charge is 0.376 e. The van der Waals surface area contributed by atoms with Crippen LogP contribution in [0.2, 0.25) is 0 Å². The fourth-order valence-electron chi connectivity index (χ4n) is 2.21. The van der Waals surface area contributed by atoms with E-state index in [0.29, 0.717) is 6.54 Å². The van der Waals surface area contributed by atoms with Crippen molar-refractivity contribution in [2.45, 2.75) is 31.8 Å². The smallest absolute Gasteiger partial charge is 0.224 e. The summed E-state index contributed by atoms with van der Waals surface area (Å²) in [6.07, 6.45) is 4.69. The first-order valence-corrected chi connectivity index (χ1v) is 5.96. The SMILES string of the molecule is O=C(NCC1CCCCO1)C1CCNC1. The van der Waals surface area contributed by atoms with Crippen molar-refractivity contribution in [3.63, 3.8) is 0 Å². The van der Waals surface area contributed by atoms with E-state index < -0.39 is 0 Å². The molecule has 15 heavy (non-hydrogen) atoms. The summed E-state index contributed by atoms with van der Waals surface area (Å²) in [6.45, 7) is 3.34. The van der Waals surface area contributed by atoms with Crippen molar-refractivity contribution in [3.8, 4) is 0 Å². The molecular weight excluding hydrogens is 192 g/mol. The van der Waals surface area contributed by atoms with Crippen molar-refractivity contribution < 1.29 is 9.53 Å². The molecule has 2 aliphatic rings. The van der Waals surface area contributed by atoms with Crippen molar-refractivity contribution in [1.82, 2.24) is 10.6 Å². The van der Waals surface area contributed by atoms with E-state index in [2.05, 4.69) is 10.6 Å². The van der Waals surface area contributed by atoms with Crippen molar-refractivity contribution in [2.75, 3.05) is 26.2 Å². The highest BCUT2D eigenvalue weighted by Gasteiger charge is 2.23. The van der Waals surface area contributed by atoms with Gasteiger partial charge in [-0.25, -0.2) is 0 Å². The Bertz CT molecular complexity index is 209. The van der Waals surface area contributed by atoms with Gasteiger partial charge in [-0.2, -0.15) is 0 Å². The summed E-state index contributed by atoms with van der Waals surface area (Å²) in [6, 6.07) is 0. The molecule has 0 aliphatic carbocycles. The molecule has 0 bridgehead atoms. The predicted molar refractivity (Wildman–Crippen MR) is 57.6 cm³/mol. The second kappa shape index (κ2) is 5.47. The van der Waals surface area contributed by atoms with Crippen molar-refractivity contribution in [1.29, 1.82) is 0 Å². The number of rotatable bonds is 3. The molecule has 2 saturated heterocycles. The molecule has 2 N–H and O–H groups in total. The highest BCUT2D eigenvalue weighted by atomic mass is 16.5. The van der Waals surface area contributed by atoms with Gasteiger partial charge in [0, 0.05) is 19.7 Å². The zero-order chi connectivity index (χ0) is 10.5. The van der Waals surface area contributed by atoms with Crippen molar-refractivity contribution >= 4 is 5.91 Å². The van der Waals surface area contributed by atoms with E-state index in [-0.39, 0.29) is 17.9 Å². The summed E-state index contributed by atoms with van der Waals surface area (Å²) < 4.78 is 5.56. The summed E-state index contributed by atoms with van der Waals surface area (Å²) >= 11 is 0. The molecular formula is C11H20N2O2. The number of nitrogens with one attached hydrogen (secondary N) is 2. The highest BCUT2D eigenvalue weighted by Crippen LogP contribution is 2.12. The number of carbonyl (C=O) groups excluding carboxylic acids is 1. The average Bonchev–Trinajstić information content (AvgIpc) is 2.81. The van der Waals surface area contributed by atoms with Crippen LogP contribution < -0.4 is 10.6 Å². The summed E-state index contributed by atoms with van der Waals surface area (Å²) in [4.78, 5) is 11.7. The molecule has 0 aromatic heterocycles. The summed E-state index contributed by atoms with van der Waals surface area (Å²) in [5, 5.41) is 6.19. The summed E-state index contributed by atoms with van der Waals surface area (Å²) in [5.74, 6) is 0.364. The number of ether oxygens (including phenoxy) is 1. The average molecular weight is 212 g/mol. The highest BCUT2D eigenvalue weighted by molar-refractivity contribution is 5.79. The van der Waals surface area contributed by atoms with Gasteiger partial charge in [-0.15, -0.1) is 0 Å². The second-order valence-electron chi connectivity index (χ2n) is 4.42. The molecule has 2 aliphatic heterocycles. The molecule has 4 nitrogen and oxygen atoms in total. The number of amides is 1. The van der Waals surface area contributed by atoms with Crippen LogP contribution in [0.1, 0.15) is 25.7 Å². The lowest BCUT2D eigenvalue weighted by molar-refractivity contribution is -0.125. The molecule has 86 valence electrons. The Labute approximate surface area is 90.8 Å². The van der Waals surface area contributed by atoms with Gasteiger partial charge in [-0.3, -0.25) is 4.79 Å². The lowest BCUT2D eigenvalue weighted by atomic mass is 10.1. The quantitative estimate of drug-likeness (QED) is 0.706. The molecule has 2 atom stereocenters. The van der Waals surface area contributed by atoms with Gasteiger partial charge < -0.3 is 15.4 Å². The normalized spacial score (nSPS) is 31.5. The molecule has 2 unspecified atom stereocenters. The van der Waals surface area contributed by atoms with Crippen LogP contribution in [0.3, 0.4) is 0 Å². The minimum atomic E-state index is 0.175. The van der Waals surface area contributed by atoms with Crippen LogP contribution in [0.25, 0.3) is 0 Å². The zero-order valence-corrected chi connectivity index (χ0v) is 9.13. The van der Waals surface area contributed by atoms with E-state index in [9.17, 15) is 4.79 Å². The third-order valence-electron chi connectivity index (χ3n) is 3.21. The van der Waals surface area contributed by atoms with E-state index in [4.69, 9.17) is 4.74 Å². The van der Waals surface area contributed by atoms with Gasteiger partial charge in [0.1, 0.15) is 0 Å². The zero-order valence-electron chi connectivity index (χ0n) is 9.13. The van der Waals surface area contributed by atoms with Gasteiger partial charge in [-0.05, 0) is 32.2 Å². The van der Waals surface area contributed by atoms with Gasteiger partial charge in [0.05, 0.1) is 12.0 Å². The first-order valence-electron chi connectivity index (χ1n) is 5.96. The Hall–Kier alpha value is -0.610. The molecule has 0 aromatic carbocycles. The maximum Gasteiger partial charge on any atom is 0.224 e. The third-order valence-corrected chi connectivity index (χ3v) is 3.21. The first kappa shape index (κ1) is 10.9. The van der Waals surface area contributed by atoms with Crippen LogP contribution in [0.5, 0.6) is 0 Å². The van der Waals surface area contributed by atoms with Gasteiger partial charge in [0.25, 0.3) is 0 Å². The van der Waals surface area contributed by atoms with Crippen LogP contribution >= 0.6 is 0 Å². The van der Waals surface area contributed by atoms with Gasteiger partial charge >= 0.3 is 0 Å². The number of hydrogen-bond donors (Lipinski definition) is 2. The predicted octanol–water partition coefficient (Wildman–Crippen LogP) is 0.281. The van der Waals surface area contributed by atoms with Crippen LogP contribution in [-0.2, 0) is 9.53 Å². The van der Waals surface area contributed by atoms with E-state index in [1.165, 1.54) is 6.42 Å². The van der Waals surface area contributed by atoms with Crippen molar-refractivity contribution in [2.24, 2.45) is 5.92 Å². The Morgan fingerprint density at radius 3 is 3.00 bits per heavy atom. The number of carbonyl (C=O) groups is 1. The van der Waals surface area contributed by atoms with E-state index in [1.54, 1.807) is 0 Å². The van der Waals surface area contributed by atoms with Gasteiger partial charge in [-0.1, -0.05) is 0 Å². The standard InChI is InChI=1S/C11H20N2O2/c14-11(9-4-5-12-7-9)13-8-10-3-1-2-6-15-10/h9-10,12H,1-8H2,(H,13,14). The maximum absolute atomic E-state index is 11.7. The fourth-order valence-corrected chi connectivity index (χ4v) is 2.21. The van der Waals surface area contributed by atoms with Crippen molar-refractivity contribution in [3.05, 3.63) is 0 Å². The lowest BCUT2D eigenvalue weighted by Crippen LogP contribution is -2.39. The molecule has 0 aromatic rings. The van der Waals surface area contributed by atoms with E-state index in [1.807, 2.05) is 0 Å². The molecule has 0 radical (unpaired) electrons. The fraction of sp³-hybridized carbons (Fsp3) is 0.909. The van der Waals surface area contributed by atoms with E-state index >= 15 is 0 Å². The van der Waals surface area contributed by atoms with Gasteiger partial charge in [0.2, 0.25) is 5.91 Å². The summed E-state index contributed by atoms with van der Waals surface area (Å²) in [5.41, 5.74) is 0. The Morgan fingerprint density at radius 1 is 1.40 bits per heavy atom. The Morgan fingerprint density at radius 2 is 2.33 bits per heavy atom. The monoisotopic (exact) mass is 212 g/mol. The Balaban J connectivity index is 1.65. The Kier molecular flexibility index (Phi) is 3.97. The molecule has 4 heteroatoms. The molecule has 2 fully saturated rings. The second-order valence-corrected chi connectivity index (χ2v) is 4.42. The topological polar surface area (TPSA) is 50.4 Å².